The number of para-hydroxylation sites is 1. The molecule has 1 aliphatic heterocycles. The molecule has 1 aliphatic carbocycles. The molecule has 5 rings (SSSR count). The molecule has 2 heterocycles. The van der Waals surface area contributed by atoms with Crippen LogP contribution in [-0.2, 0) is 22.9 Å². The number of hydrogen-bond acceptors (Lipinski definition) is 4. The van der Waals surface area contributed by atoms with E-state index in [2.05, 4.69) is 5.10 Å². The van der Waals surface area contributed by atoms with Crippen LogP contribution < -0.4 is 0 Å². The highest BCUT2D eigenvalue weighted by Gasteiger charge is 2.31. The lowest BCUT2D eigenvalue weighted by Crippen LogP contribution is -2.50. The largest absolute Gasteiger partial charge is 0.335 e. The highest BCUT2D eigenvalue weighted by molar-refractivity contribution is 7.89. The average molecular weight is 465 g/mol. The smallest absolute Gasteiger partial charge is 0.274 e. The number of carbonyl (C=O) groups is 1. The fraction of sp³-hybridized carbons (Fsp3) is 0.360. The van der Waals surface area contributed by atoms with E-state index in [0.29, 0.717) is 23.7 Å². The van der Waals surface area contributed by atoms with Gasteiger partial charge in [-0.25, -0.2) is 13.1 Å². The molecule has 3 aromatic rings. The standard InChI is InChI=1S/C25H28N4O3S/c1-19-17-24(26-29(19)22-9-3-2-4-10-22)25(30)27-13-15-28(16-14-27)33(31,32)23-12-11-20-7-5-6-8-21(20)18-23/h2-4,9-12,17-18H,5-8,13-16H2,1H3. The van der Waals surface area contributed by atoms with Gasteiger partial charge in [-0.1, -0.05) is 24.3 Å². The van der Waals surface area contributed by atoms with Gasteiger partial charge in [-0.2, -0.15) is 9.40 Å². The van der Waals surface area contributed by atoms with Crippen molar-refractivity contribution < 1.29 is 13.2 Å². The Morgan fingerprint density at radius 3 is 2.30 bits per heavy atom. The van der Waals surface area contributed by atoms with Crippen LogP contribution in [0.3, 0.4) is 0 Å². The lowest BCUT2D eigenvalue weighted by Gasteiger charge is -2.33. The van der Waals surface area contributed by atoms with Crippen molar-refractivity contribution in [3.63, 3.8) is 0 Å². The first-order chi connectivity index (χ1) is 15.9. The number of rotatable bonds is 4. The number of piperazine rings is 1. The Morgan fingerprint density at radius 1 is 0.879 bits per heavy atom. The van der Waals surface area contributed by atoms with Gasteiger partial charge in [0.25, 0.3) is 5.91 Å². The predicted molar refractivity (Wildman–Crippen MR) is 126 cm³/mol. The van der Waals surface area contributed by atoms with Crippen molar-refractivity contribution >= 4 is 15.9 Å². The Balaban J connectivity index is 1.28. The fourth-order valence-electron chi connectivity index (χ4n) is 4.72. The first-order valence-corrected chi connectivity index (χ1v) is 12.9. The summed E-state index contributed by atoms with van der Waals surface area (Å²) in [5.41, 5.74) is 4.57. The SMILES string of the molecule is Cc1cc(C(=O)N2CCN(S(=O)(=O)c3ccc4c(c3)CCCC4)CC2)nn1-c1ccccc1. The van der Waals surface area contributed by atoms with Gasteiger partial charge in [0.15, 0.2) is 5.69 Å². The maximum atomic E-state index is 13.2. The van der Waals surface area contributed by atoms with Crippen molar-refractivity contribution in [2.45, 2.75) is 37.5 Å². The fourth-order valence-corrected chi connectivity index (χ4v) is 6.20. The summed E-state index contributed by atoms with van der Waals surface area (Å²) < 4.78 is 29.7. The number of nitrogens with zero attached hydrogens (tertiary/aromatic N) is 4. The Labute approximate surface area is 194 Å². The minimum Gasteiger partial charge on any atom is -0.335 e. The highest BCUT2D eigenvalue weighted by Crippen LogP contribution is 2.26. The number of aryl methyl sites for hydroxylation is 3. The van der Waals surface area contributed by atoms with Gasteiger partial charge in [0.2, 0.25) is 10.0 Å². The third-order valence-corrected chi connectivity index (χ3v) is 8.49. The summed E-state index contributed by atoms with van der Waals surface area (Å²) in [6.45, 7) is 3.17. The minimum absolute atomic E-state index is 0.168. The summed E-state index contributed by atoms with van der Waals surface area (Å²) in [4.78, 5) is 15.1. The molecule has 0 atom stereocenters. The van der Waals surface area contributed by atoms with E-state index < -0.39 is 10.0 Å². The molecule has 7 nitrogen and oxygen atoms in total. The van der Waals surface area contributed by atoms with Crippen LogP contribution >= 0.6 is 0 Å². The summed E-state index contributed by atoms with van der Waals surface area (Å²) in [6.07, 6.45) is 4.24. The van der Waals surface area contributed by atoms with Crippen molar-refractivity contribution in [1.82, 2.24) is 19.0 Å². The highest BCUT2D eigenvalue weighted by atomic mass is 32.2. The molecule has 0 spiro atoms. The number of amides is 1. The lowest BCUT2D eigenvalue weighted by molar-refractivity contribution is 0.0691. The molecule has 1 saturated heterocycles. The quantitative estimate of drug-likeness (QED) is 0.594. The number of hydrogen-bond donors (Lipinski definition) is 0. The van der Waals surface area contributed by atoms with Gasteiger partial charge < -0.3 is 4.90 Å². The third kappa shape index (κ3) is 4.20. The number of benzene rings is 2. The van der Waals surface area contributed by atoms with Crippen LogP contribution in [0.2, 0.25) is 0 Å². The summed E-state index contributed by atoms with van der Waals surface area (Å²) in [6, 6.07) is 17.0. The topological polar surface area (TPSA) is 75.5 Å². The molecule has 8 heteroatoms. The van der Waals surface area contributed by atoms with Crippen LogP contribution in [0.15, 0.2) is 59.5 Å². The zero-order valence-corrected chi connectivity index (χ0v) is 19.6. The molecule has 0 saturated carbocycles. The van der Waals surface area contributed by atoms with E-state index in [1.54, 1.807) is 21.7 Å². The summed E-state index contributed by atoms with van der Waals surface area (Å²) in [5.74, 6) is -0.168. The van der Waals surface area contributed by atoms with E-state index in [0.717, 1.165) is 42.6 Å². The number of sulfonamides is 1. The molecular weight excluding hydrogens is 436 g/mol. The van der Waals surface area contributed by atoms with E-state index in [4.69, 9.17) is 0 Å². The molecule has 0 N–H and O–H groups in total. The zero-order valence-electron chi connectivity index (χ0n) is 18.8. The third-order valence-electron chi connectivity index (χ3n) is 6.59. The molecule has 2 aromatic carbocycles. The number of carbonyl (C=O) groups excluding carboxylic acids is 1. The van der Waals surface area contributed by atoms with Crippen molar-refractivity contribution in [3.8, 4) is 5.69 Å². The normalized spacial score (nSPS) is 17.1. The first kappa shape index (κ1) is 21.9. The molecule has 172 valence electrons. The second-order valence-electron chi connectivity index (χ2n) is 8.75. The maximum Gasteiger partial charge on any atom is 0.274 e. The molecule has 0 bridgehead atoms. The van der Waals surface area contributed by atoms with Gasteiger partial charge in [-0.05, 0) is 74.1 Å². The second-order valence-corrected chi connectivity index (χ2v) is 10.7. The molecule has 1 amide bonds. The predicted octanol–water partition coefficient (Wildman–Crippen LogP) is 3.21. The van der Waals surface area contributed by atoms with Crippen LogP contribution in [0.1, 0.15) is 40.2 Å². The maximum absolute atomic E-state index is 13.2. The van der Waals surface area contributed by atoms with E-state index in [1.165, 1.54) is 9.87 Å². The zero-order chi connectivity index (χ0) is 23.0. The van der Waals surface area contributed by atoms with Gasteiger partial charge in [0.05, 0.1) is 10.6 Å². The van der Waals surface area contributed by atoms with E-state index in [-0.39, 0.29) is 19.0 Å². The minimum atomic E-state index is -3.57. The molecule has 1 aromatic heterocycles. The Kier molecular flexibility index (Phi) is 5.80. The van der Waals surface area contributed by atoms with Gasteiger partial charge in [0, 0.05) is 31.9 Å². The van der Waals surface area contributed by atoms with Gasteiger partial charge in [0.1, 0.15) is 0 Å². The number of aromatic nitrogens is 2. The van der Waals surface area contributed by atoms with E-state index >= 15 is 0 Å². The van der Waals surface area contributed by atoms with Crippen molar-refractivity contribution in [2.75, 3.05) is 26.2 Å². The van der Waals surface area contributed by atoms with Crippen molar-refractivity contribution in [1.29, 1.82) is 0 Å². The average Bonchev–Trinajstić information content (AvgIpc) is 3.25. The van der Waals surface area contributed by atoms with Gasteiger partial charge in [-0.15, -0.1) is 0 Å². The van der Waals surface area contributed by atoms with Crippen LogP contribution in [0.25, 0.3) is 5.69 Å². The van der Waals surface area contributed by atoms with Crippen molar-refractivity contribution in [2.24, 2.45) is 0 Å². The molecule has 0 radical (unpaired) electrons. The molecular formula is C25H28N4O3S. The molecule has 1 fully saturated rings. The van der Waals surface area contributed by atoms with Gasteiger partial charge >= 0.3 is 0 Å². The molecule has 2 aliphatic rings. The Morgan fingerprint density at radius 2 is 1.58 bits per heavy atom. The molecule has 0 unspecified atom stereocenters. The van der Waals surface area contributed by atoms with Crippen LogP contribution in [0.5, 0.6) is 0 Å². The van der Waals surface area contributed by atoms with E-state index in [9.17, 15) is 13.2 Å². The number of fused-ring (bicyclic) bond motifs is 1. The summed E-state index contributed by atoms with van der Waals surface area (Å²) in [5, 5.41) is 4.51. The molecule has 33 heavy (non-hydrogen) atoms. The van der Waals surface area contributed by atoms with Crippen LogP contribution in [0.4, 0.5) is 0 Å². The van der Waals surface area contributed by atoms with Crippen LogP contribution in [-0.4, -0.2) is 59.5 Å². The first-order valence-electron chi connectivity index (χ1n) is 11.5. The van der Waals surface area contributed by atoms with Gasteiger partial charge in [-0.3, -0.25) is 4.79 Å². The Bertz CT molecular complexity index is 1280. The summed E-state index contributed by atoms with van der Waals surface area (Å²) in [7, 11) is -3.57. The Hall–Kier alpha value is -2.97. The van der Waals surface area contributed by atoms with Crippen LogP contribution in [0, 0.1) is 6.92 Å². The second kappa shape index (κ2) is 8.76. The van der Waals surface area contributed by atoms with Crippen molar-refractivity contribution in [3.05, 3.63) is 77.1 Å². The van der Waals surface area contributed by atoms with E-state index in [1.807, 2.05) is 49.4 Å². The summed E-state index contributed by atoms with van der Waals surface area (Å²) >= 11 is 0. The monoisotopic (exact) mass is 464 g/mol. The lowest BCUT2D eigenvalue weighted by atomic mass is 9.92.